The minimum Gasteiger partial charge on any atom is -0.321 e. The molecule has 1 aromatic carbocycles. The molecule has 1 N–H and O–H groups in total. The van der Waals surface area contributed by atoms with Crippen molar-refractivity contribution in [1.82, 2.24) is 4.98 Å². The van der Waals surface area contributed by atoms with Crippen molar-refractivity contribution < 1.29 is 4.79 Å². The van der Waals surface area contributed by atoms with Crippen molar-refractivity contribution in [2.75, 3.05) is 11.6 Å². The smallest absolute Gasteiger partial charge is 0.256 e. The van der Waals surface area contributed by atoms with Gasteiger partial charge in [0.2, 0.25) is 0 Å². The number of pyridine rings is 1. The SMILES string of the molecule is CSc1ccccc1C(=O)Nc1ccc(Cl)nc1. The van der Waals surface area contributed by atoms with Crippen LogP contribution in [-0.4, -0.2) is 17.1 Å². The molecule has 0 atom stereocenters. The second-order valence-corrected chi connectivity index (χ2v) is 4.76. The monoisotopic (exact) mass is 278 g/mol. The van der Waals surface area contributed by atoms with Gasteiger partial charge in [-0.3, -0.25) is 4.79 Å². The quantitative estimate of drug-likeness (QED) is 0.687. The number of carbonyl (C=O) groups excluding carboxylic acids is 1. The molecule has 0 aliphatic carbocycles. The standard InChI is InChI=1S/C13H11ClN2OS/c1-18-11-5-3-2-4-10(11)13(17)16-9-6-7-12(14)15-8-9/h2-8H,1H3,(H,16,17). The lowest BCUT2D eigenvalue weighted by Crippen LogP contribution is -2.12. The number of hydrogen-bond acceptors (Lipinski definition) is 3. The van der Waals surface area contributed by atoms with Crippen molar-refractivity contribution in [3.05, 3.63) is 53.3 Å². The van der Waals surface area contributed by atoms with E-state index in [0.29, 0.717) is 16.4 Å². The van der Waals surface area contributed by atoms with Crippen LogP contribution in [0.5, 0.6) is 0 Å². The molecule has 0 radical (unpaired) electrons. The molecule has 0 aliphatic rings. The number of nitrogens with zero attached hydrogens (tertiary/aromatic N) is 1. The lowest BCUT2D eigenvalue weighted by Gasteiger charge is -2.08. The van der Waals surface area contributed by atoms with Gasteiger partial charge in [-0.15, -0.1) is 11.8 Å². The van der Waals surface area contributed by atoms with E-state index in [4.69, 9.17) is 11.6 Å². The lowest BCUT2D eigenvalue weighted by molar-refractivity contribution is 0.102. The molecule has 0 bridgehead atoms. The molecule has 0 unspecified atom stereocenters. The maximum absolute atomic E-state index is 12.1. The minimum absolute atomic E-state index is 0.149. The molecule has 92 valence electrons. The van der Waals surface area contributed by atoms with E-state index in [2.05, 4.69) is 10.3 Å². The average Bonchev–Trinajstić information content (AvgIpc) is 2.41. The van der Waals surface area contributed by atoms with Gasteiger partial charge >= 0.3 is 0 Å². The Balaban J connectivity index is 2.19. The highest BCUT2D eigenvalue weighted by molar-refractivity contribution is 7.98. The largest absolute Gasteiger partial charge is 0.321 e. The Morgan fingerprint density at radius 2 is 2.06 bits per heavy atom. The second-order valence-electron chi connectivity index (χ2n) is 3.52. The summed E-state index contributed by atoms with van der Waals surface area (Å²) in [6, 6.07) is 10.8. The third kappa shape index (κ3) is 3.03. The van der Waals surface area contributed by atoms with Crippen LogP contribution in [-0.2, 0) is 0 Å². The van der Waals surface area contributed by atoms with Crippen LogP contribution in [0.1, 0.15) is 10.4 Å². The van der Waals surface area contributed by atoms with Gasteiger partial charge < -0.3 is 5.32 Å². The lowest BCUT2D eigenvalue weighted by atomic mass is 10.2. The topological polar surface area (TPSA) is 42.0 Å². The van der Waals surface area contributed by atoms with Crippen LogP contribution < -0.4 is 5.32 Å². The van der Waals surface area contributed by atoms with Crippen molar-refractivity contribution in [2.24, 2.45) is 0 Å². The van der Waals surface area contributed by atoms with Gasteiger partial charge in [0, 0.05) is 4.90 Å². The number of halogens is 1. The van der Waals surface area contributed by atoms with Gasteiger partial charge in [0.25, 0.3) is 5.91 Å². The van der Waals surface area contributed by atoms with Crippen LogP contribution >= 0.6 is 23.4 Å². The minimum atomic E-state index is -0.149. The van der Waals surface area contributed by atoms with Gasteiger partial charge in [-0.25, -0.2) is 4.98 Å². The average molecular weight is 279 g/mol. The fourth-order valence-corrected chi connectivity index (χ4v) is 2.19. The van der Waals surface area contributed by atoms with Gasteiger partial charge in [0.05, 0.1) is 17.4 Å². The van der Waals surface area contributed by atoms with Crippen LogP contribution in [0, 0.1) is 0 Å². The van der Waals surface area contributed by atoms with E-state index < -0.39 is 0 Å². The molecule has 3 nitrogen and oxygen atoms in total. The van der Waals surface area contributed by atoms with Crippen LogP contribution in [0.4, 0.5) is 5.69 Å². The van der Waals surface area contributed by atoms with Gasteiger partial charge in [0.15, 0.2) is 0 Å². The number of thioether (sulfide) groups is 1. The van der Waals surface area contributed by atoms with Crippen LogP contribution in [0.15, 0.2) is 47.5 Å². The highest BCUT2D eigenvalue weighted by Gasteiger charge is 2.10. The third-order valence-electron chi connectivity index (χ3n) is 2.34. The zero-order chi connectivity index (χ0) is 13.0. The van der Waals surface area contributed by atoms with Crippen molar-refractivity contribution in [3.8, 4) is 0 Å². The molecular weight excluding hydrogens is 268 g/mol. The number of rotatable bonds is 3. The van der Waals surface area contributed by atoms with E-state index in [-0.39, 0.29) is 5.91 Å². The highest BCUT2D eigenvalue weighted by atomic mass is 35.5. The Morgan fingerprint density at radius 3 is 2.72 bits per heavy atom. The summed E-state index contributed by atoms with van der Waals surface area (Å²) >= 11 is 7.22. The maximum Gasteiger partial charge on any atom is 0.256 e. The number of amides is 1. The Labute approximate surface area is 115 Å². The van der Waals surface area contributed by atoms with Crippen molar-refractivity contribution in [1.29, 1.82) is 0 Å². The van der Waals surface area contributed by atoms with E-state index in [0.717, 1.165) is 4.90 Å². The van der Waals surface area contributed by atoms with E-state index >= 15 is 0 Å². The zero-order valence-corrected chi connectivity index (χ0v) is 11.3. The summed E-state index contributed by atoms with van der Waals surface area (Å²) < 4.78 is 0. The Kier molecular flexibility index (Phi) is 4.23. The maximum atomic E-state index is 12.1. The molecule has 5 heteroatoms. The Morgan fingerprint density at radius 1 is 1.28 bits per heavy atom. The fourth-order valence-electron chi connectivity index (χ4n) is 1.48. The predicted molar refractivity (Wildman–Crippen MR) is 75.4 cm³/mol. The summed E-state index contributed by atoms with van der Waals surface area (Å²) in [7, 11) is 0. The van der Waals surface area contributed by atoms with E-state index in [1.807, 2.05) is 24.5 Å². The highest BCUT2D eigenvalue weighted by Crippen LogP contribution is 2.21. The molecular formula is C13H11ClN2OS. The molecule has 1 heterocycles. The summed E-state index contributed by atoms with van der Waals surface area (Å²) in [6.07, 6.45) is 3.47. The van der Waals surface area contributed by atoms with Crippen molar-refractivity contribution >= 4 is 35.0 Å². The van der Waals surface area contributed by atoms with Crippen LogP contribution in [0.25, 0.3) is 0 Å². The molecule has 1 amide bonds. The summed E-state index contributed by atoms with van der Waals surface area (Å²) in [5.41, 5.74) is 1.28. The molecule has 0 saturated heterocycles. The van der Waals surface area contributed by atoms with Crippen LogP contribution in [0.2, 0.25) is 5.15 Å². The van der Waals surface area contributed by atoms with E-state index in [9.17, 15) is 4.79 Å². The zero-order valence-electron chi connectivity index (χ0n) is 9.68. The molecule has 2 rings (SSSR count). The van der Waals surface area contributed by atoms with Crippen molar-refractivity contribution in [3.63, 3.8) is 0 Å². The molecule has 1 aromatic heterocycles. The Hall–Kier alpha value is -1.52. The molecule has 0 saturated carbocycles. The first kappa shape index (κ1) is 12.9. The van der Waals surface area contributed by atoms with E-state index in [1.165, 1.54) is 18.0 Å². The first-order chi connectivity index (χ1) is 8.70. The summed E-state index contributed by atoms with van der Waals surface area (Å²) in [5.74, 6) is -0.149. The number of nitrogens with one attached hydrogen (secondary N) is 1. The molecule has 0 spiro atoms. The van der Waals surface area contributed by atoms with Gasteiger partial charge in [-0.05, 0) is 30.5 Å². The third-order valence-corrected chi connectivity index (χ3v) is 3.36. The first-order valence-corrected chi connectivity index (χ1v) is 6.87. The number of aromatic nitrogens is 1. The summed E-state index contributed by atoms with van der Waals surface area (Å²) in [4.78, 5) is 16.9. The predicted octanol–water partition coefficient (Wildman–Crippen LogP) is 3.71. The second kappa shape index (κ2) is 5.89. The Bertz CT molecular complexity index is 557. The summed E-state index contributed by atoms with van der Waals surface area (Å²) in [5, 5.41) is 3.19. The number of anilines is 1. The van der Waals surface area contributed by atoms with Crippen molar-refractivity contribution in [2.45, 2.75) is 4.90 Å². The van der Waals surface area contributed by atoms with E-state index in [1.54, 1.807) is 18.2 Å². The number of carbonyl (C=O) groups is 1. The fraction of sp³-hybridized carbons (Fsp3) is 0.0769. The van der Waals surface area contributed by atoms with Crippen LogP contribution in [0.3, 0.4) is 0 Å². The molecule has 0 fully saturated rings. The van der Waals surface area contributed by atoms with Gasteiger partial charge in [0.1, 0.15) is 5.15 Å². The normalized spacial score (nSPS) is 10.1. The molecule has 18 heavy (non-hydrogen) atoms. The summed E-state index contributed by atoms with van der Waals surface area (Å²) in [6.45, 7) is 0. The molecule has 2 aromatic rings. The number of hydrogen-bond donors (Lipinski definition) is 1. The molecule has 0 aliphatic heterocycles. The first-order valence-electron chi connectivity index (χ1n) is 5.26. The van der Waals surface area contributed by atoms with Gasteiger partial charge in [-0.2, -0.15) is 0 Å². The van der Waals surface area contributed by atoms with Gasteiger partial charge in [-0.1, -0.05) is 23.7 Å². The number of benzene rings is 1.